The average Bonchev–Trinajstić information content (AvgIpc) is 3.03. The van der Waals surface area contributed by atoms with Crippen LogP contribution in [0.1, 0.15) is 25.5 Å². The van der Waals surface area contributed by atoms with E-state index in [0.717, 1.165) is 12.3 Å². The van der Waals surface area contributed by atoms with Crippen molar-refractivity contribution in [2.75, 3.05) is 11.1 Å². The molecule has 0 saturated carbocycles. The van der Waals surface area contributed by atoms with Crippen molar-refractivity contribution in [2.24, 2.45) is 0 Å². The Labute approximate surface area is 164 Å². The van der Waals surface area contributed by atoms with Crippen molar-refractivity contribution in [1.82, 2.24) is 15.5 Å². The summed E-state index contributed by atoms with van der Waals surface area (Å²) >= 11 is 0. The van der Waals surface area contributed by atoms with Gasteiger partial charge in [-0.25, -0.2) is 22.2 Å². The molecule has 0 radical (unpaired) electrons. The van der Waals surface area contributed by atoms with Gasteiger partial charge in [-0.1, -0.05) is 5.16 Å². The van der Waals surface area contributed by atoms with Crippen LogP contribution < -0.4 is 10.6 Å². The highest BCUT2D eigenvalue weighted by atomic mass is 32.2. The maximum atomic E-state index is 14.5. The maximum absolute atomic E-state index is 14.5. The average molecular weight is 421 g/mol. The quantitative estimate of drug-likeness (QED) is 0.594. The van der Waals surface area contributed by atoms with Crippen molar-refractivity contribution < 1.29 is 21.7 Å². The van der Waals surface area contributed by atoms with Gasteiger partial charge >= 0.3 is 0 Å². The summed E-state index contributed by atoms with van der Waals surface area (Å²) in [4.78, 5) is 3.92. The number of hydrogen-bond donors (Lipinski definition) is 3. The van der Waals surface area contributed by atoms with E-state index in [4.69, 9.17) is 9.93 Å². The molecule has 1 unspecified atom stereocenters. The van der Waals surface area contributed by atoms with Crippen LogP contribution in [0.4, 0.5) is 20.3 Å². The minimum atomic E-state index is -3.67. The number of nitrogens with zero attached hydrogens (tertiary/aromatic N) is 2. The first-order valence-corrected chi connectivity index (χ1v) is 10.3. The van der Waals surface area contributed by atoms with E-state index >= 15 is 0 Å². The zero-order valence-corrected chi connectivity index (χ0v) is 16.3. The summed E-state index contributed by atoms with van der Waals surface area (Å²) in [6.07, 6.45) is 1.02. The Hall–Kier alpha value is -3.08. The first kappa shape index (κ1) is 19.2. The first-order valence-electron chi connectivity index (χ1n) is 8.64. The van der Waals surface area contributed by atoms with Gasteiger partial charge < -0.3 is 15.2 Å². The Morgan fingerprint density at radius 2 is 2.07 bits per heavy atom. The first-order chi connectivity index (χ1) is 13.6. The molecule has 152 valence electrons. The molecule has 1 aliphatic heterocycles. The molecule has 3 aromatic rings. The summed E-state index contributed by atoms with van der Waals surface area (Å²) in [5.74, 6) is -1.52. The molecule has 8 nitrogen and oxygen atoms in total. The standard InChI is InChI=1S/C18H17F2N5O3S/c1-18(2)17(21)24-13(8-29(18,26)27)11-6-10(3-4-12(11)20)23-16-15-14(28-25-16)5-9(19)7-22-15/h3-7,13H,8H2,1-2H3,(H2,21,24)(H,23,25). The molecule has 1 atom stereocenters. The molecule has 29 heavy (non-hydrogen) atoms. The summed E-state index contributed by atoms with van der Waals surface area (Å²) < 4.78 is 56.5. The van der Waals surface area contributed by atoms with Crippen LogP contribution in [-0.4, -0.2) is 34.9 Å². The largest absolute Gasteiger partial charge is 0.365 e. The van der Waals surface area contributed by atoms with E-state index in [9.17, 15) is 17.2 Å². The number of hydrogen-bond acceptors (Lipinski definition) is 7. The minimum absolute atomic E-state index is 0.0885. The van der Waals surface area contributed by atoms with Gasteiger partial charge in [-0.3, -0.25) is 5.41 Å². The van der Waals surface area contributed by atoms with E-state index in [0.29, 0.717) is 11.2 Å². The highest BCUT2D eigenvalue weighted by Gasteiger charge is 2.45. The molecular formula is C18H17F2N5O3S. The Morgan fingerprint density at radius 1 is 1.31 bits per heavy atom. The summed E-state index contributed by atoms with van der Waals surface area (Å²) in [7, 11) is -3.67. The van der Waals surface area contributed by atoms with Gasteiger partial charge in [0.2, 0.25) is 5.82 Å². The molecule has 2 aromatic heterocycles. The number of rotatable bonds is 3. The third kappa shape index (κ3) is 3.20. The van der Waals surface area contributed by atoms with Crippen molar-refractivity contribution in [3.05, 3.63) is 47.7 Å². The molecule has 3 heterocycles. The van der Waals surface area contributed by atoms with Gasteiger partial charge in [-0.2, -0.15) is 0 Å². The highest BCUT2D eigenvalue weighted by molar-refractivity contribution is 7.93. The molecule has 4 rings (SSSR count). The monoisotopic (exact) mass is 421 g/mol. The van der Waals surface area contributed by atoms with E-state index in [1.54, 1.807) is 0 Å². The van der Waals surface area contributed by atoms with Crippen molar-refractivity contribution in [2.45, 2.75) is 24.6 Å². The van der Waals surface area contributed by atoms with Crippen molar-refractivity contribution in [3.63, 3.8) is 0 Å². The van der Waals surface area contributed by atoms with E-state index in [1.165, 1.54) is 32.0 Å². The lowest BCUT2D eigenvalue weighted by atomic mass is 10.0. The number of halogens is 2. The Bertz CT molecular complexity index is 1240. The SMILES string of the molecule is CC1(C)C(=N)NC(c2cc(Nc3noc4cc(F)cnc34)ccc2F)CS1(=O)=O. The molecule has 3 N–H and O–H groups in total. The molecule has 0 spiro atoms. The fourth-order valence-electron chi connectivity index (χ4n) is 3.05. The number of sulfone groups is 1. The number of pyridine rings is 1. The lowest BCUT2D eigenvalue weighted by Crippen LogP contribution is -2.56. The molecule has 0 bridgehead atoms. The number of aromatic nitrogens is 2. The fourth-order valence-corrected chi connectivity index (χ4v) is 4.54. The number of anilines is 2. The van der Waals surface area contributed by atoms with Crippen LogP contribution in [0.5, 0.6) is 0 Å². The summed E-state index contributed by atoms with van der Waals surface area (Å²) in [6, 6.07) is 4.28. The van der Waals surface area contributed by atoms with Crippen molar-refractivity contribution in [1.29, 1.82) is 5.41 Å². The Morgan fingerprint density at radius 3 is 2.79 bits per heavy atom. The second-order valence-electron chi connectivity index (χ2n) is 7.26. The van der Waals surface area contributed by atoms with E-state index in [2.05, 4.69) is 20.8 Å². The van der Waals surface area contributed by atoms with Gasteiger partial charge in [0.15, 0.2) is 20.9 Å². The van der Waals surface area contributed by atoms with Crippen LogP contribution in [0.25, 0.3) is 11.1 Å². The molecule has 1 aromatic carbocycles. The van der Waals surface area contributed by atoms with Gasteiger partial charge in [0.05, 0.1) is 18.0 Å². The van der Waals surface area contributed by atoms with Gasteiger partial charge in [0.25, 0.3) is 0 Å². The minimum Gasteiger partial charge on any atom is -0.365 e. The lowest BCUT2D eigenvalue weighted by Gasteiger charge is -2.36. The number of amidine groups is 1. The lowest BCUT2D eigenvalue weighted by molar-refractivity contribution is 0.458. The number of nitrogens with one attached hydrogen (secondary N) is 3. The van der Waals surface area contributed by atoms with E-state index in [1.807, 2.05) is 0 Å². The van der Waals surface area contributed by atoms with E-state index < -0.39 is 32.3 Å². The fraction of sp³-hybridized carbons (Fsp3) is 0.278. The summed E-state index contributed by atoms with van der Waals surface area (Å²) in [5.41, 5.74) is 0.925. The van der Waals surface area contributed by atoms with Crippen LogP contribution in [-0.2, 0) is 9.84 Å². The van der Waals surface area contributed by atoms with E-state index in [-0.39, 0.29) is 28.6 Å². The third-order valence-corrected chi connectivity index (χ3v) is 7.53. The summed E-state index contributed by atoms with van der Waals surface area (Å²) in [6.45, 7) is 2.88. The predicted octanol–water partition coefficient (Wildman–Crippen LogP) is 3.06. The number of benzene rings is 1. The molecule has 0 aliphatic carbocycles. The zero-order chi connectivity index (χ0) is 21.0. The molecule has 11 heteroatoms. The second kappa shape index (κ2) is 6.48. The molecule has 1 saturated heterocycles. The predicted molar refractivity (Wildman–Crippen MR) is 103 cm³/mol. The molecule has 1 fully saturated rings. The smallest absolute Gasteiger partial charge is 0.200 e. The number of fused-ring (bicyclic) bond motifs is 1. The van der Waals surface area contributed by atoms with Crippen LogP contribution in [0, 0.1) is 17.0 Å². The van der Waals surface area contributed by atoms with Gasteiger partial charge in [-0.05, 0) is 32.0 Å². The van der Waals surface area contributed by atoms with Gasteiger partial charge in [0.1, 0.15) is 22.2 Å². The van der Waals surface area contributed by atoms with Gasteiger partial charge in [-0.15, -0.1) is 0 Å². The molecule has 0 amide bonds. The third-order valence-electron chi connectivity index (χ3n) is 5.00. The maximum Gasteiger partial charge on any atom is 0.200 e. The van der Waals surface area contributed by atoms with Crippen LogP contribution in [0.3, 0.4) is 0 Å². The highest BCUT2D eigenvalue weighted by Crippen LogP contribution is 2.33. The van der Waals surface area contributed by atoms with Crippen LogP contribution in [0.15, 0.2) is 35.0 Å². The normalized spacial score (nSPS) is 20.4. The Balaban J connectivity index is 1.67. The van der Waals surface area contributed by atoms with Crippen molar-refractivity contribution >= 4 is 38.3 Å². The van der Waals surface area contributed by atoms with Gasteiger partial charge in [0, 0.05) is 17.3 Å². The Kier molecular flexibility index (Phi) is 4.30. The second-order valence-corrected chi connectivity index (χ2v) is 9.84. The van der Waals surface area contributed by atoms with Crippen molar-refractivity contribution in [3.8, 4) is 0 Å². The zero-order valence-electron chi connectivity index (χ0n) is 15.5. The van der Waals surface area contributed by atoms with Crippen LogP contribution >= 0.6 is 0 Å². The molecule has 1 aliphatic rings. The topological polar surface area (TPSA) is 121 Å². The summed E-state index contributed by atoms with van der Waals surface area (Å²) in [5, 5.41) is 17.5. The van der Waals surface area contributed by atoms with Crippen LogP contribution in [0.2, 0.25) is 0 Å². The molecular weight excluding hydrogens is 404 g/mol.